The average molecular weight is 893 g/mol. The van der Waals surface area contributed by atoms with Gasteiger partial charge in [0, 0.05) is 34.1 Å². The molecule has 0 N–H and O–H groups in total. The predicted molar refractivity (Wildman–Crippen MR) is 298 cm³/mol. The summed E-state index contributed by atoms with van der Waals surface area (Å²) in [7, 11) is 0. The van der Waals surface area contributed by atoms with Crippen molar-refractivity contribution in [2.75, 3.05) is 9.80 Å². The minimum absolute atomic E-state index is 1.09. The molecule has 0 atom stereocenters. The summed E-state index contributed by atoms with van der Waals surface area (Å²) in [5, 5.41) is 5.00. The molecule has 330 valence electrons. The summed E-state index contributed by atoms with van der Waals surface area (Å²) in [5.41, 5.74) is 18.5. The fourth-order valence-corrected chi connectivity index (χ4v) is 9.90. The minimum Gasteiger partial charge on any atom is -0.311 e. The van der Waals surface area contributed by atoms with Crippen molar-refractivity contribution in [3.8, 4) is 55.6 Å². The van der Waals surface area contributed by atoms with Crippen molar-refractivity contribution < 1.29 is 0 Å². The Morgan fingerprint density at radius 2 is 0.386 bits per heavy atom. The van der Waals surface area contributed by atoms with Crippen molar-refractivity contribution in [3.05, 3.63) is 291 Å². The molecule has 0 amide bonds. The molecule has 0 radical (unpaired) electrons. The predicted octanol–water partition coefficient (Wildman–Crippen LogP) is 19.3. The number of rotatable bonds is 11. The molecule has 0 aliphatic carbocycles. The smallest absolute Gasteiger partial charge is 0.0462 e. The Balaban J connectivity index is 0.868. The van der Waals surface area contributed by atoms with Crippen LogP contribution in [0.1, 0.15) is 0 Å². The van der Waals surface area contributed by atoms with Crippen LogP contribution in [0, 0.1) is 0 Å². The van der Waals surface area contributed by atoms with Crippen LogP contribution in [-0.4, -0.2) is 0 Å². The molecule has 0 aromatic heterocycles. The van der Waals surface area contributed by atoms with Gasteiger partial charge in [0.2, 0.25) is 0 Å². The third-order valence-corrected chi connectivity index (χ3v) is 13.5. The Hall–Kier alpha value is -9.24. The minimum atomic E-state index is 1.09. The maximum Gasteiger partial charge on any atom is 0.0462 e. The molecule has 70 heavy (non-hydrogen) atoms. The molecule has 12 rings (SSSR count). The van der Waals surface area contributed by atoms with Crippen molar-refractivity contribution in [1.82, 2.24) is 0 Å². The van der Waals surface area contributed by atoms with E-state index in [1.807, 2.05) is 0 Å². The number of fused-ring (bicyclic) bond motifs is 2. The summed E-state index contributed by atoms with van der Waals surface area (Å²) in [6.07, 6.45) is 0. The highest BCUT2D eigenvalue weighted by Gasteiger charge is 2.17. The maximum atomic E-state index is 2.35. The van der Waals surface area contributed by atoms with E-state index in [-0.39, 0.29) is 0 Å². The summed E-state index contributed by atoms with van der Waals surface area (Å²) >= 11 is 0. The van der Waals surface area contributed by atoms with Gasteiger partial charge in [-0.2, -0.15) is 0 Å². The monoisotopic (exact) mass is 892 g/mol. The third kappa shape index (κ3) is 8.40. The van der Waals surface area contributed by atoms with E-state index in [0.717, 1.165) is 45.3 Å². The van der Waals surface area contributed by atoms with Gasteiger partial charge in [-0.25, -0.2) is 0 Å². The summed E-state index contributed by atoms with van der Waals surface area (Å²) < 4.78 is 0. The van der Waals surface area contributed by atoms with Gasteiger partial charge in [0.05, 0.1) is 0 Å². The molecule has 2 heteroatoms. The fraction of sp³-hybridized carbons (Fsp3) is 0. The molecule has 0 aliphatic rings. The zero-order valence-electron chi connectivity index (χ0n) is 38.6. The third-order valence-electron chi connectivity index (χ3n) is 13.5. The van der Waals surface area contributed by atoms with E-state index < -0.39 is 0 Å². The highest BCUT2D eigenvalue weighted by Crippen LogP contribution is 2.41. The number of anilines is 6. The van der Waals surface area contributed by atoms with Crippen molar-refractivity contribution in [2.45, 2.75) is 0 Å². The second kappa shape index (κ2) is 18.8. The maximum absolute atomic E-state index is 2.35. The van der Waals surface area contributed by atoms with Crippen LogP contribution in [0.5, 0.6) is 0 Å². The van der Waals surface area contributed by atoms with Crippen LogP contribution in [0.15, 0.2) is 291 Å². The van der Waals surface area contributed by atoms with Crippen molar-refractivity contribution >= 4 is 55.7 Å². The summed E-state index contributed by atoms with van der Waals surface area (Å²) in [6.45, 7) is 0. The molecule has 0 bridgehead atoms. The lowest BCUT2D eigenvalue weighted by atomic mass is 9.98. The summed E-state index contributed by atoms with van der Waals surface area (Å²) in [4.78, 5) is 4.70. The first-order valence-corrected chi connectivity index (χ1v) is 24.0. The lowest BCUT2D eigenvalue weighted by Crippen LogP contribution is -2.10. The SMILES string of the molecule is c1ccc(-c2ccc(N(c3ccc(-c4ccc(N(c5ccc(-c6ccccc6)cc5)c5ccc(-c6cccc7ccccc67)cc5)cc4)cc3)c3ccc(-c4cccc5ccccc45)cc3)cc2)cc1. The van der Waals surface area contributed by atoms with Crippen LogP contribution in [0.3, 0.4) is 0 Å². The van der Waals surface area contributed by atoms with E-state index in [0.29, 0.717) is 0 Å². The van der Waals surface area contributed by atoms with Crippen molar-refractivity contribution in [2.24, 2.45) is 0 Å². The van der Waals surface area contributed by atoms with Crippen LogP contribution < -0.4 is 9.80 Å². The summed E-state index contributed by atoms with van der Waals surface area (Å²) in [6, 6.07) is 105. The normalized spacial score (nSPS) is 11.1. The lowest BCUT2D eigenvalue weighted by molar-refractivity contribution is 1.28. The Bertz CT molecular complexity index is 3430. The van der Waals surface area contributed by atoms with Gasteiger partial charge in [0.25, 0.3) is 0 Å². The Labute approximate surface area is 410 Å². The van der Waals surface area contributed by atoms with Gasteiger partial charge in [-0.05, 0) is 150 Å². The molecule has 0 saturated heterocycles. The molecular weight excluding hydrogens is 845 g/mol. The molecule has 0 unspecified atom stereocenters. The van der Waals surface area contributed by atoms with Crippen LogP contribution in [0.4, 0.5) is 34.1 Å². The van der Waals surface area contributed by atoms with E-state index in [1.165, 1.54) is 66.1 Å². The van der Waals surface area contributed by atoms with E-state index in [9.17, 15) is 0 Å². The molecule has 12 aromatic carbocycles. The lowest BCUT2D eigenvalue weighted by Gasteiger charge is -2.27. The van der Waals surface area contributed by atoms with E-state index >= 15 is 0 Å². The first-order valence-electron chi connectivity index (χ1n) is 24.0. The molecule has 0 spiro atoms. The van der Waals surface area contributed by atoms with Crippen LogP contribution >= 0.6 is 0 Å². The quantitative estimate of drug-likeness (QED) is 0.128. The fourth-order valence-electron chi connectivity index (χ4n) is 9.90. The van der Waals surface area contributed by atoms with Gasteiger partial charge in [0.15, 0.2) is 0 Å². The first-order chi connectivity index (χ1) is 34.7. The van der Waals surface area contributed by atoms with Gasteiger partial charge in [-0.1, -0.05) is 218 Å². The summed E-state index contributed by atoms with van der Waals surface area (Å²) in [5.74, 6) is 0. The topological polar surface area (TPSA) is 6.48 Å². The van der Waals surface area contributed by atoms with E-state index in [4.69, 9.17) is 0 Å². The van der Waals surface area contributed by atoms with Gasteiger partial charge in [-0.15, -0.1) is 0 Å². The average Bonchev–Trinajstić information content (AvgIpc) is 3.44. The van der Waals surface area contributed by atoms with Gasteiger partial charge in [-0.3, -0.25) is 0 Å². The molecular formula is C68H48N2. The number of benzene rings is 12. The van der Waals surface area contributed by atoms with Gasteiger partial charge >= 0.3 is 0 Å². The van der Waals surface area contributed by atoms with Crippen LogP contribution in [0.2, 0.25) is 0 Å². The van der Waals surface area contributed by atoms with Crippen LogP contribution in [-0.2, 0) is 0 Å². The Morgan fingerprint density at radius 1 is 0.157 bits per heavy atom. The van der Waals surface area contributed by atoms with E-state index in [2.05, 4.69) is 301 Å². The molecule has 0 aliphatic heterocycles. The molecule has 2 nitrogen and oxygen atoms in total. The van der Waals surface area contributed by atoms with Gasteiger partial charge < -0.3 is 9.80 Å². The highest BCUT2D eigenvalue weighted by molar-refractivity contribution is 5.98. The number of nitrogens with zero attached hydrogens (tertiary/aromatic N) is 2. The number of hydrogen-bond acceptors (Lipinski definition) is 2. The Kier molecular flexibility index (Phi) is 11.3. The second-order valence-electron chi connectivity index (χ2n) is 17.7. The number of hydrogen-bond donors (Lipinski definition) is 0. The largest absolute Gasteiger partial charge is 0.311 e. The van der Waals surface area contributed by atoms with Crippen LogP contribution in [0.25, 0.3) is 77.2 Å². The van der Waals surface area contributed by atoms with E-state index in [1.54, 1.807) is 0 Å². The second-order valence-corrected chi connectivity index (χ2v) is 17.7. The standard InChI is InChI=1S/C68H48N2/c1-3-13-49(14-4-1)51-25-37-59(38-26-51)69(63-45-33-57(34-46-63)67-23-11-19-55-17-7-9-21-65(55)67)61-41-29-53(30-42-61)54-31-43-62(44-32-54)70(60-39-27-52(28-40-60)50-15-5-2-6-16-50)64-47-35-58(36-48-64)68-24-12-20-56-18-8-10-22-66(56)68/h1-48H. The molecule has 0 fully saturated rings. The van der Waals surface area contributed by atoms with Crippen molar-refractivity contribution in [3.63, 3.8) is 0 Å². The van der Waals surface area contributed by atoms with Gasteiger partial charge in [0.1, 0.15) is 0 Å². The van der Waals surface area contributed by atoms with Crippen molar-refractivity contribution in [1.29, 1.82) is 0 Å². The molecule has 12 aromatic rings. The first kappa shape index (κ1) is 42.1. The zero-order valence-corrected chi connectivity index (χ0v) is 38.6. The highest BCUT2D eigenvalue weighted by atomic mass is 15.1. The molecule has 0 heterocycles. The Morgan fingerprint density at radius 3 is 0.686 bits per heavy atom. The zero-order chi connectivity index (χ0) is 46.6. The molecule has 0 saturated carbocycles.